The third-order valence-corrected chi connectivity index (χ3v) is 1.78. The minimum atomic E-state index is -0.895. The molecule has 0 radical (unpaired) electrons. The summed E-state index contributed by atoms with van der Waals surface area (Å²) in [5.41, 5.74) is 1.25. The van der Waals surface area contributed by atoms with Crippen molar-refractivity contribution in [1.29, 1.82) is 0 Å². The van der Waals surface area contributed by atoms with Crippen LogP contribution in [-0.4, -0.2) is 11.1 Å². The molecule has 2 nitrogen and oxygen atoms in total. The average Bonchev–Trinajstić information content (AvgIpc) is 2.18. The van der Waals surface area contributed by atoms with Crippen molar-refractivity contribution in [1.82, 2.24) is 0 Å². The third kappa shape index (κ3) is 2.90. The van der Waals surface area contributed by atoms with Crippen LogP contribution in [0.4, 0.5) is 0 Å². The fourth-order valence-corrected chi connectivity index (χ4v) is 1.11. The van der Waals surface area contributed by atoms with Crippen molar-refractivity contribution < 1.29 is 9.90 Å². The highest BCUT2D eigenvalue weighted by molar-refractivity contribution is 5.92. The molecule has 14 heavy (non-hydrogen) atoms. The van der Waals surface area contributed by atoms with Crippen LogP contribution < -0.4 is 0 Å². The molecule has 0 saturated heterocycles. The van der Waals surface area contributed by atoms with Gasteiger partial charge in [0.05, 0.1) is 0 Å². The standard InChI is InChI=1S/C12H12O2/c1-2-6-11(12(13)14)9-10-7-4-3-5-8-10/h2-5,7-9H,1,6H2,(H,13,14)/b11-9+. The normalized spacial score (nSPS) is 11.0. The first-order chi connectivity index (χ1) is 6.74. The van der Waals surface area contributed by atoms with Crippen molar-refractivity contribution in [3.63, 3.8) is 0 Å². The number of hydrogen-bond acceptors (Lipinski definition) is 1. The molecule has 1 rings (SSSR count). The van der Waals surface area contributed by atoms with Crippen LogP contribution in [0.25, 0.3) is 6.08 Å². The molecule has 0 atom stereocenters. The molecule has 2 heteroatoms. The van der Waals surface area contributed by atoms with Gasteiger partial charge < -0.3 is 5.11 Å². The highest BCUT2D eigenvalue weighted by Gasteiger charge is 2.04. The molecule has 0 aliphatic carbocycles. The molecule has 0 aliphatic rings. The molecule has 72 valence electrons. The van der Waals surface area contributed by atoms with Gasteiger partial charge in [0, 0.05) is 5.57 Å². The number of carboxylic acid groups (broad SMARTS) is 1. The Hall–Kier alpha value is -1.83. The Labute approximate surface area is 83.2 Å². The number of carboxylic acids is 1. The molecule has 0 amide bonds. The lowest BCUT2D eigenvalue weighted by Gasteiger charge is -1.98. The van der Waals surface area contributed by atoms with E-state index in [1.807, 2.05) is 30.3 Å². The van der Waals surface area contributed by atoms with Gasteiger partial charge in [-0.1, -0.05) is 36.4 Å². The molecule has 0 fully saturated rings. The zero-order valence-corrected chi connectivity index (χ0v) is 7.81. The van der Waals surface area contributed by atoms with Crippen LogP contribution in [0.5, 0.6) is 0 Å². The van der Waals surface area contributed by atoms with E-state index in [0.29, 0.717) is 12.0 Å². The molecule has 0 unspecified atom stereocenters. The number of hydrogen-bond donors (Lipinski definition) is 1. The summed E-state index contributed by atoms with van der Waals surface area (Å²) in [4.78, 5) is 10.8. The second-order valence-corrected chi connectivity index (χ2v) is 2.88. The molecule has 0 bridgehead atoms. The molecule has 1 N–H and O–H groups in total. The van der Waals surface area contributed by atoms with Gasteiger partial charge in [-0.25, -0.2) is 4.79 Å². The van der Waals surface area contributed by atoms with Gasteiger partial charge in [0.2, 0.25) is 0 Å². The van der Waals surface area contributed by atoms with E-state index in [1.54, 1.807) is 12.2 Å². The van der Waals surface area contributed by atoms with Gasteiger partial charge in [-0.3, -0.25) is 0 Å². The number of carbonyl (C=O) groups is 1. The van der Waals surface area contributed by atoms with Crippen molar-refractivity contribution in [2.45, 2.75) is 6.42 Å². The van der Waals surface area contributed by atoms with Crippen LogP contribution in [-0.2, 0) is 4.79 Å². The van der Waals surface area contributed by atoms with Crippen LogP contribution in [0.1, 0.15) is 12.0 Å². The Morgan fingerprint density at radius 3 is 2.50 bits per heavy atom. The van der Waals surface area contributed by atoms with E-state index in [-0.39, 0.29) is 0 Å². The molecular formula is C12H12O2. The maximum absolute atomic E-state index is 10.8. The summed E-state index contributed by atoms with van der Waals surface area (Å²) in [6, 6.07) is 9.38. The summed E-state index contributed by atoms with van der Waals surface area (Å²) in [5, 5.41) is 8.85. The lowest BCUT2D eigenvalue weighted by molar-refractivity contribution is -0.132. The maximum Gasteiger partial charge on any atom is 0.331 e. The van der Waals surface area contributed by atoms with E-state index in [9.17, 15) is 4.79 Å². The number of aliphatic carboxylic acids is 1. The minimum absolute atomic E-state index is 0.353. The Morgan fingerprint density at radius 1 is 1.36 bits per heavy atom. The first-order valence-corrected chi connectivity index (χ1v) is 4.34. The third-order valence-electron chi connectivity index (χ3n) is 1.78. The quantitative estimate of drug-likeness (QED) is 0.582. The van der Waals surface area contributed by atoms with Crippen molar-refractivity contribution in [2.75, 3.05) is 0 Å². The van der Waals surface area contributed by atoms with E-state index in [0.717, 1.165) is 5.56 Å². The second kappa shape index (κ2) is 5.02. The highest BCUT2D eigenvalue weighted by Crippen LogP contribution is 2.10. The van der Waals surface area contributed by atoms with Gasteiger partial charge in [0.25, 0.3) is 0 Å². The van der Waals surface area contributed by atoms with Crippen molar-refractivity contribution in [3.8, 4) is 0 Å². The predicted molar refractivity (Wildman–Crippen MR) is 56.9 cm³/mol. The Bertz CT molecular complexity index is 350. The van der Waals surface area contributed by atoms with E-state index in [2.05, 4.69) is 6.58 Å². The SMILES string of the molecule is C=CC/C(=C\c1ccccc1)C(=O)O. The fourth-order valence-electron chi connectivity index (χ4n) is 1.11. The van der Waals surface area contributed by atoms with Crippen molar-refractivity contribution in [3.05, 3.63) is 54.1 Å². The summed E-state index contributed by atoms with van der Waals surface area (Å²) >= 11 is 0. The smallest absolute Gasteiger partial charge is 0.331 e. The van der Waals surface area contributed by atoms with Gasteiger partial charge in [-0.05, 0) is 18.1 Å². The van der Waals surface area contributed by atoms with Crippen LogP contribution in [0.15, 0.2) is 48.6 Å². The van der Waals surface area contributed by atoms with E-state index in [1.165, 1.54) is 0 Å². The molecular weight excluding hydrogens is 176 g/mol. The van der Waals surface area contributed by atoms with Gasteiger partial charge in [0.1, 0.15) is 0 Å². The maximum atomic E-state index is 10.8. The molecule has 0 spiro atoms. The van der Waals surface area contributed by atoms with Crippen molar-refractivity contribution in [2.24, 2.45) is 0 Å². The number of allylic oxidation sites excluding steroid dienone is 1. The van der Waals surface area contributed by atoms with Crippen LogP contribution >= 0.6 is 0 Å². The van der Waals surface area contributed by atoms with Crippen LogP contribution in [0.3, 0.4) is 0 Å². The topological polar surface area (TPSA) is 37.3 Å². The molecule has 0 aliphatic heterocycles. The molecule has 0 aromatic heterocycles. The summed E-state index contributed by atoms with van der Waals surface area (Å²) in [6.45, 7) is 3.52. The Morgan fingerprint density at radius 2 is 2.00 bits per heavy atom. The van der Waals surface area contributed by atoms with Gasteiger partial charge in [-0.2, -0.15) is 0 Å². The first kappa shape index (κ1) is 10.3. The summed E-state index contributed by atoms with van der Waals surface area (Å²) in [5.74, 6) is -0.895. The predicted octanol–water partition coefficient (Wildman–Crippen LogP) is 2.73. The summed E-state index contributed by atoms with van der Waals surface area (Å²) in [7, 11) is 0. The van der Waals surface area contributed by atoms with Gasteiger partial charge >= 0.3 is 5.97 Å². The number of benzene rings is 1. The lowest BCUT2D eigenvalue weighted by atomic mass is 10.1. The van der Waals surface area contributed by atoms with E-state index < -0.39 is 5.97 Å². The monoisotopic (exact) mass is 188 g/mol. The average molecular weight is 188 g/mol. The zero-order valence-electron chi connectivity index (χ0n) is 7.81. The first-order valence-electron chi connectivity index (χ1n) is 4.34. The van der Waals surface area contributed by atoms with Gasteiger partial charge in [-0.15, -0.1) is 6.58 Å². The highest BCUT2D eigenvalue weighted by atomic mass is 16.4. The minimum Gasteiger partial charge on any atom is -0.478 e. The van der Waals surface area contributed by atoms with Crippen LogP contribution in [0.2, 0.25) is 0 Å². The fraction of sp³-hybridized carbons (Fsp3) is 0.0833. The molecule has 1 aromatic carbocycles. The number of rotatable bonds is 4. The molecule has 0 heterocycles. The Kier molecular flexibility index (Phi) is 3.68. The van der Waals surface area contributed by atoms with Gasteiger partial charge in [0.15, 0.2) is 0 Å². The van der Waals surface area contributed by atoms with E-state index in [4.69, 9.17) is 5.11 Å². The summed E-state index contributed by atoms with van der Waals surface area (Å²) in [6.07, 6.45) is 3.62. The molecule has 0 saturated carbocycles. The zero-order chi connectivity index (χ0) is 10.4. The lowest BCUT2D eigenvalue weighted by Crippen LogP contribution is -1.98. The molecule has 1 aromatic rings. The van der Waals surface area contributed by atoms with E-state index >= 15 is 0 Å². The Balaban J connectivity index is 2.93. The van der Waals surface area contributed by atoms with Crippen LogP contribution in [0, 0.1) is 0 Å². The van der Waals surface area contributed by atoms with Crippen molar-refractivity contribution >= 4 is 12.0 Å². The summed E-state index contributed by atoms with van der Waals surface area (Å²) < 4.78 is 0. The second-order valence-electron chi connectivity index (χ2n) is 2.88. The largest absolute Gasteiger partial charge is 0.478 e.